The van der Waals surface area contributed by atoms with Crippen LogP contribution in [0.4, 0.5) is 0 Å². The molecule has 0 radical (unpaired) electrons. The Bertz CT molecular complexity index is 1920. The fourth-order valence-corrected chi connectivity index (χ4v) is 10.6. The molecule has 0 unspecified atom stereocenters. The third-order valence-electron chi connectivity index (χ3n) is 8.32. The monoisotopic (exact) mass is 924 g/mol. The van der Waals surface area contributed by atoms with E-state index in [2.05, 4.69) is 204 Å². The Kier molecular flexibility index (Phi) is 21.2. The molecule has 0 aliphatic rings. The summed E-state index contributed by atoms with van der Waals surface area (Å²) in [6.45, 7) is 0. The molecule has 8 aromatic rings. The van der Waals surface area contributed by atoms with Gasteiger partial charge in [-0.3, -0.25) is 5.92 Å². The minimum absolute atomic E-state index is 0. The first kappa shape index (κ1) is 44.9. The van der Waals surface area contributed by atoms with Gasteiger partial charge in [0.2, 0.25) is 0 Å². The molecule has 0 amide bonds. The zero-order valence-corrected chi connectivity index (χ0v) is 36.8. The first-order valence-electron chi connectivity index (χ1n) is 18.6. The molecule has 0 saturated heterocycles. The van der Waals surface area contributed by atoms with Gasteiger partial charge in [0.15, 0.2) is 0 Å². The maximum absolute atomic E-state index is 7.14. The van der Waals surface area contributed by atoms with Gasteiger partial charge in [-0.25, -0.2) is 12.1 Å². The molecule has 0 bridgehead atoms. The molecule has 0 aliphatic carbocycles. The van der Waals surface area contributed by atoms with E-state index in [1.54, 1.807) is 0 Å². The Morgan fingerprint density at radius 2 is 0.702 bits per heavy atom. The molecule has 4 heteroatoms. The van der Waals surface area contributed by atoms with E-state index in [1.807, 2.05) is 66.7 Å². The van der Waals surface area contributed by atoms with Crippen molar-refractivity contribution in [3.8, 4) is 5.92 Å². The van der Waals surface area contributed by atoms with Crippen molar-refractivity contribution in [2.45, 2.75) is 6.42 Å². The maximum atomic E-state index is 7.14. The summed E-state index contributed by atoms with van der Waals surface area (Å²) in [5.74, 6) is 2.44. The second-order valence-electron chi connectivity index (χ2n) is 12.2. The molecule has 0 atom stereocenters. The van der Waals surface area contributed by atoms with Crippen molar-refractivity contribution in [2.75, 3.05) is 5.33 Å². The molecule has 0 saturated carbocycles. The number of hydrogen-bond donors (Lipinski definition) is 0. The molecular weight excluding hydrogens is 880 g/mol. The van der Waals surface area contributed by atoms with Crippen molar-refractivity contribution in [2.24, 2.45) is 0 Å². The molecular formula is C53H45BrP2Ru. The Morgan fingerprint density at radius 3 is 0.912 bits per heavy atom. The molecule has 282 valence electrons. The van der Waals surface area contributed by atoms with Crippen LogP contribution in [-0.4, -0.2) is 5.33 Å². The van der Waals surface area contributed by atoms with Crippen LogP contribution in [0.5, 0.6) is 0 Å². The van der Waals surface area contributed by atoms with E-state index < -0.39 is 15.8 Å². The molecule has 0 N–H and O–H groups in total. The van der Waals surface area contributed by atoms with E-state index in [1.165, 1.54) is 31.8 Å². The van der Waals surface area contributed by atoms with Gasteiger partial charge in [0.1, 0.15) is 0 Å². The van der Waals surface area contributed by atoms with Gasteiger partial charge in [0.25, 0.3) is 0 Å². The maximum Gasteiger partial charge on any atom is 2.00 e. The third kappa shape index (κ3) is 15.2. The molecule has 0 aromatic heterocycles. The normalized spacial score (nSPS) is 10.2. The number of halogens is 1. The summed E-state index contributed by atoms with van der Waals surface area (Å²) in [7, 11) is -0.892. The minimum atomic E-state index is -0.446. The van der Waals surface area contributed by atoms with Crippen LogP contribution in [0.15, 0.2) is 249 Å². The summed E-state index contributed by atoms with van der Waals surface area (Å²) in [6.07, 6.45) is 10.1. The SMILES string of the molecule is [C-]#C/C(=C\CCBr)c1ccccc1.[Ru+2].c1cc[cH-]c1.c1ccc(P(c2ccccc2)c2ccccc2)cc1.c1ccc(P(c2ccccc2)c2ccccc2)cc1. The summed E-state index contributed by atoms with van der Waals surface area (Å²) >= 11 is 3.35. The number of allylic oxidation sites excluding steroid dienone is 2. The summed E-state index contributed by atoms with van der Waals surface area (Å²) in [6, 6.07) is 84.5. The molecule has 8 rings (SSSR count). The Labute approximate surface area is 364 Å². The largest absolute Gasteiger partial charge is 2.00 e. The number of rotatable bonds is 9. The van der Waals surface area contributed by atoms with Gasteiger partial charge in [-0.2, -0.15) is 24.3 Å². The van der Waals surface area contributed by atoms with E-state index in [4.69, 9.17) is 6.42 Å². The smallest absolute Gasteiger partial charge is 0.366 e. The summed E-state index contributed by atoms with van der Waals surface area (Å²) in [4.78, 5) is 0. The van der Waals surface area contributed by atoms with Crippen LogP contribution < -0.4 is 31.8 Å². The Morgan fingerprint density at radius 1 is 0.439 bits per heavy atom. The van der Waals surface area contributed by atoms with E-state index in [9.17, 15) is 0 Å². The van der Waals surface area contributed by atoms with Crippen LogP contribution in [0.25, 0.3) is 5.57 Å². The Balaban J connectivity index is 0.000000180. The predicted molar refractivity (Wildman–Crippen MR) is 252 cm³/mol. The van der Waals surface area contributed by atoms with Crippen LogP contribution in [0, 0.1) is 12.3 Å². The van der Waals surface area contributed by atoms with Crippen molar-refractivity contribution in [3.05, 3.63) is 261 Å². The van der Waals surface area contributed by atoms with Gasteiger partial charge in [-0.15, -0.1) is 5.57 Å². The predicted octanol–water partition coefficient (Wildman–Crippen LogP) is 11.7. The van der Waals surface area contributed by atoms with Crippen molar-refractivity contribution >= 4 is 69.2 Å². The van der Waals surface area contributed by atoms with Crippen LogP contribution >= 0.6 is 31.8 Å². The van der Waals surface area contributed by atoms with Gasteiger partial charge in [-0.05, 0) is 54.1 Å². The zero-order valence-electron chi connectivity index (χ0n) is 31.7. The first-order valence-corrected chi connectivity index (χ1v) is 22.4. The first-order chi connectivity index (χ1) is 27.8. The van der Waals surface area contributed by atoms with E-state index in [0.717, 1.165) is 22.9 Å². The number of hydrogen-bond acceptors (Lipinski definition) is 0. The topological polar surface area (TPSA) is 0 Å². The standard InChI is InChI=1S/2C18H15P.C12H10Br.C5H5.Ru/c2*1-4-10-16(11-5-1)19(17-12-6-2-7-13-17)18-14-8-3-9-15-18;1-2-11(9-6-10-13)12-7-4-3-5-8-12;1-2-4-5-3-1;/h2*1-15H;3-5,7-9H,6,10H2;1-5H;/q;;2*-1;+2/b;;11-9+;;. The Hall–Kier alpha value is -4.85. The van der Waals surface area contributed by atoms with Crippen molar-refractivity contribution in [3.63, 3.8) is 0 Å². The summed E-state index contributed by atoms with van der Waals surface area (Å²) in [5, 5.41) is 9.31. The quantitative estimate of drug-likeness (QED) is 0.0445. The molecule has 57 heavy (non-hydrogen) atoms. The van der Waals surface area contributed by atoms with E-state index >= 15 is 0 Å². The second kappa shape index (κ2) is 26.9. The zero-order chi connectivity index (χ0) is 38.9. The van der Waals surface area contributed by atoms with Crippen molar-refractivity contribution in [1.82, 2.24) is 0 Å². The molecule has 8 aromatic carbocycles. The molecule has 0 spiro atoms. The summed E-state index contributed by atoms with van der Waals surface area (Å²) < 4.78 is 0. The fourth-order valence-electron chi connectivity index (χ4n) is 5.74. The molecule has 0 nitrogen and oxygen atoms in total. The van der Waals surface area contributed by atoms with Gasteiger partial charge < -0.3 is 6.42 Å². The third-order valence-corrected chi connectivity index (χ3v) is 13.7. The van der Waals surface area contributed by atoms with E-state index in [-0.39, 0.29) is 19.5 Å². The molecule has 0 heterocycles. The average molecular weight is 925 g/mol. The van der Waals surface area contributed by atoms with Gasteiger partial charge in [0.05, 0.1) is 0 Å². The summed E-state index contributed by atoms with van der Waals surface area (Å²) in [5.41, 5.74) is 1.92. The van der Waals surface area contributed by atoms with Gasteiger partial charge in [-0.1, -0.05) is 234 Å². The van der Waals surface area contributed by atoms with Crippen molar-refractivity contribution < 1.29 is 19.5 Å². The van der Waals surface area contributed by atoms with Crippen molar-refractivity contribution in [1.29, 1.82) is 0 Å². The average Bonchev–Trinajstić information content (AvgIpc) is 3.89. The van der Waals surface area contributed by atoms with Gasteiger partial charge in [0, 0.05) is 5.33 Å². The minimum Gasteiger partial charge on any atom is -0.366 e. The number of alkyl halides is 1. The molecule has 0 fully saturated rings. The van der Waals surface area contributed by atoms with Gasteiger partial charge >= 0.3 is 19.5 Å². The van der Waals surface area contributed by atoms with Crippen LogP contribution in [0.1, 0.15) is 12.0 Å². The van der Waals surface area contributed by atoms with E-state index in [0.29, 0.717) is 0 Å². The second-order valence-corrected chi connectivity index (χ2v) is 17.5. The van der Waals surface area contributed by atoms with Crippen LogP contribution in [0.3, 0.4) is 0 Å². The van der Waals surface area contributed by atoms with Crippen LogP contribution in [-0.2, 0) is 19.5 Å². The number of benzene rings is 7. The van der Waals surface area contributed by atoms with Crippen LogP contribution in [0.2, 0.25) is 0 Å². The fraction of sp³-hybridized carbons (Fsp3) is 0.0377. The molecule has 0 aliphatic heterocycles.